The summed E-state index contributed by atoms with van der Waals surface area (Å²) >= 11 is 0. The fourth-order valence-electron chi connectivity index (χ4n) is 2.88. The Morgan fingerprint density at radius 3 is 2.65 bits per heavy atom. The average Bonchev–Trinajstić information content (AvgIpc) is 2.44. The van der Waals surface area contributed by atoms with Crippen LogP contribution in [0.2, 0.25) is 0 Å². The number of carbonyl (C=O) groups is 2. The summed E-state index contributed by atoms with van der Waals surface area (Å²) in [6.07, 6.45) is 8.04. The maximum absolute atomic E-state index is 12.4. The molecule has 0 aromatic carbocycles. The number of hydrogen-bond donors (Lipinski definition) is 1. The maximum Gasteiger partial charge on any atom is 0.320 e. The van der Waals surface area contributed by atoms with Gasteiger partial charge in [0.1, 0.15) is 0 Å². The summed E-state index contributed by atoms with van der Waals surface area (Å²) in [5, 5.41) is 9.53. The fourth-order valence-corrected chi connectivity index (χ4v) is 2.88. The van der Waals surface area contributed by atoms with Gasteiger partial charge in [0.25, 0.3) is 0 Å². The molecule has 0 bridgehead atoms. The second kappa shape index (κ2) is 7.18. The Bertz CT molecular complexity index is 398. The van der Waals surface area contributed by atoms with Crippen LogP contribution in [0.15, 0.2) is 0 Å². The molecule has 1 fully saturated rings. The van der Waals surface area contributed by atoms with Crippen LogP contribution in [0.25, 0.3) is 0 Å². The van der Waals surface area contributed by atoms with Crippen molar-refractivity contribution < 1.29 is 14.7 Å². The van der Waals surface area contributed by atoms with E-state index in [4.69, 9.17) is 6.42 Å². The topological polar surface area (TPSA) is 60.9 Å². The highest BCUT2D eigenvalue weighted by Crippen LogP contribution is 2.35. The number of rotatable bonds is 5. The van der Waals surface area contributed by atoms with E-state index in [1.807, 2.05) is 13.8 Å². The van der Waals surface area contributed by atoms with Crippen LogP contribution in [0.1, 0.15) is 39.5 Å². The Morgan fingerprint density at radius 1 is 1.45 bits per heavy atom. The van der Waals surface area contributed by atoms with Gasteiger partial charge in [0.05, 0.1) is 12.0 Å². The van der Waals surface area contributed by atoms with Crippen molar-refractivity contribution in [1.29, 1.82) is 0 Å². The molecule has 1 aliphatic rings. The molecule has 1 rings (SSSR count). The van der Waals surface area contributed by atoms with E-state index < -0.39 is 11.4 Å². The fraction of sp³-hybridized carbons (Fsp3) is 0.733. The lowest BCUT2D eigenvalue weighted by molar-refractivity contribution is -0.152. The molecular weight excluding hydrogens is 256 g/mol. The normalized spacial score (nSPS) is 22.1. The minimum Gasteiger partial charge on any atom is -0.481 e. The number of amides is 2. The van der Waals surface area contributed by atoms with E-state index in [-0.39, 0.29) is 19.1 Å². The highest BCUT2D eigenvalue weighted by molar-refractivity contribution is 5.79. The van der Waals surface area contributed by atoms with Crippen LogP contribution in [0, 0.1) is 17.8 Å². The molecule has 1 unspecified atom stereocenters. The van der Waals surface area contributed by atoms with Gasteiger partial charge in [-0.1, -0.05) is 19.3 Å². The number of likely N-dealkylation sites (tertiary alicyclic amines) is 1. The van der Waals surface area contributed by atoms with E-state index >= 15 is 0 Å². The molecule has 5 heteroatoms. The van der Waals surface area contributed by atoms with Crippen molar-refractivity contribution in [2.45, 2.75) is 39.5 Å². The molecule has 1 saturated heterocycles. The third kappa shape index (κ3) is 3.44. The number of urea groups is 1. The first-order valence-electron chi connectivity index (χ1n) is 7.21. The Kier molecular flexibility index (Phi) is 5.87. The van der Waals surface area contributed by atoms with Gasteiger partial charge in [-0.3, -0.25) is 4.79 Å². The number of nitrogens with zero attached hydrogens (tertiary/aromatic N) is 2. The van der Waals surface area contributed by atoms with Crippen molar-refractivity contribution in [3.05, 3.63) is 0 Å². The van der Waals surface area contributed by atoms with Gasteiger partial charge < -0.3 is 14.9 Å². The number of carbonyl (C=O) groups excluding carboxylic acids is 1. The average molecular weight is 280 g/mol. The highest BCUT2D eigenvalue weighted by atomic mass is 16.4. The smallest absolute Gasteiger partial charge is 0.320 e. The minimum absolute atomic E-state index is 0.146. The van der Waals surface area contributed by atoms with Gasteiger partial charge in [0, 0.05) is 19.6 Å². The Hall–Kier alpha value is -1.70. The van der Waals surface area contributed by atoms with Crippen molar-refractivity contribution in [3.8, 4) is 12.3 Å². The summed E-state index contributed by atoms with van der Waals surface area (Å²) in [7, 11) is 0. The summed E-state index contributed by atoms with van der Waals surface area (Å²) < 4.78 is 0. The molecule has 1 atom stereocenters. The first-order chi connectivity index (χ1) is 9.50. The summed E-state index contributed by atoms with van der Waals surface area (Å²) in [5.41, 5.74) is -0.793. The van der Waals surface area contributed by atoms with Gasteiger partial charge in [-0.05, 0) is 26.2 Å². The van der Waals surface area contributed by atoms with Crippen LogP contribution in [0.5, 0.6) is 0 Å². The molecule has 1 N–H and O–H groups in total. The molecule has 1 aliphatic heterocycles. The molecule has 2 amide bonds. The quantitative estimate of drug-likeness (QED) is 0.784. The van der Waals surface area contributed by atoms with Crippen molar-refractivity contribution in [3.63, 3.8) is 0 Å². The predicted octanol–water partition coefficient (Wildman–Crippen LogP) is 2.03. The first-order valence-corrected chi connectivity index (χ1v) is 7.21. The van der Waals surface area contributed by atoms with E-state index in [1.54, 1.807) is 9.80 Å². The van der Waals surface area contributed by atoms with Crippen molar-refractivity contribution >= 4 is 12.0 Å². The molecule has 20 heavy (non-hydrogen) atoms. The first kappa shape index (κ1) is 16.4. The van der Waals surface area contributed by atoms with Gasteiger partial charge >= 0.3 is 12.0 Å². The molecular formula is C15H24N2O3. The molecule has 0 aromatic rings. The van der Waals surface area contributed by atoms with Gasteiger partial charge in [-0.15, -0.1) is 6.42 Å². The van der Waals surface area contributed by atoms with E-state index in [0.29, 0.717) is 25.9 Å². The third-order valence-corrected chi connectivity index (χ3v) is 3.96. The highest BCUT2D eigenvalue weighted by Gasteiger charge is 2.43. The van der Waals surface area contributed by atoms with Crippen molar-refractivity contribution in [2.24, 2.45) is 5.41 Å². The number of aliphatic carboxylic acids is 1. The Morgan fingerprint density at radius 2 is 2.15 bits per heavy atom. The van der Waals surface area contributed by atoms with Crippen molar-refractivity contribution in [2.75, 3.05) is 26.2 Å². The van der Waals surface area contributed by atoms with E-state index in [1.165, 1.54) is 0 Å². The number of piperidine rings is 1. The number of terminal acetylenes is 1. The zero-order chi connectivity index (χ0) is 15.2. The molecule has 0 radical (unpaired) electrons. The lowest BCUT2D eigenvalue weighted by atomic mass is 9.76. The van der Waals surface area contributed by atoms with Crippen LogP contribution >= 0.6 is 0 Å². The SMILES string of the molecule is C#CCN(CC)C(=O)N1CCCC(CCC)(C(=O)O)C1. The van der Waals surface area contributed by atoms with Gasteiger partial charge in [-0.2, -0.15) is 0 Å². The molecule has 0 aromatic heterocycles. The number of carboxylic acids is 1. The van der Waals surface area contributed by atoms with Gasteiger partial charge in [-0.25, -0.2) is 4.79 Å². The van der Waals surface area contributed by atoms with E-state index in [9.17, 15) is 14.7 Å². The lowest BCUT2D eigenvalue weighted by Gasteiger charge is -2.41. The van der Waals surface area contributed by atoms with Gasteiger partial charge in [0.2, 0.25) is 0 Å². The maximum atomic E-state index is 12.4. The molecule has 112 valence electrons. The summed E-state index contributed by atoms with van der Waals surface area (Å²) in [6, 6.07) is -0.146. The Balaban J connectivity index is 2.84. The summed E-state index contributed by atoms with van der Waals surface area (Å²) in [6.45, 7) is 5.54. The zero-order valence-electron chi connectivity index (χ0n) is 12.4. The van der Waals surface area contributed by atoms with Crippen molar-refractivity contribution in [1.82, 2.24) is 9.80 Å². The standard InChI is InChI=1S/C15H24N2O3/c1-4-8-15(13(18)19)9-7-11-17(12-15)14(20)16(6-3)10-5-2/h2H,4,6-12H2,1,3H3,(H,18,19). The molecule has 0 spiro atoms. The molecule has 0 saturated carbocycles. The molecule has 1 heterocycles. The van der Waals surface area contributed by atoms with E-state index in [2.05, 4.69) is 5.92 Å². The van der Waals surface area contributed by atoms with Crippen LogP contribution in [0.3, 0.4) is 0 Å². The summed E-state index contributed by atoms with van der Waals surface area (Å²) in [4.78, 5) is 27.2. The number of carboxylic acid groups (broad SMARTS) is 1. The van der Waals surface area contributed by atoms with Crippen LogP contribution in [0.4, 0.5) is 4.79 Å². The zero-order valence-corrected chi connectivity index (χ0v) is 12.4. The third-order valence-electron chi connectivity index (χ3n) is 3.96. The lowest BCUT2D eigenvalue weighted by Crippen LogP contribution is -2.53. The minimum atomic E-state index is -0.795. The van der Waals surface area contributed by atoms with Gasteiger partial charge in [0.15, 0.2) is 0 Å². The number of hydrogen-bond acceptors (Lipinski definition) is 2. The van der Waals surface area contributed by atoms with Crippen LogP contribution in [-0.4, -0.2) is 53.1 Å². The second-order valence-corrected chi connectivity index (χ2v) is 5.36. The van der Waals surface area contributed by atoms with Crippen LogP contribution < -0.4 is 0 Å². The monoisotopic (exact) mass is 280 g/mol. The Labute approximate surface area is 120 Å². The van der Waals surface area contributed by atoms with E-state index in [0.717, 1.165) is 12.8 Å². The van der Waals surface area contributed by atoms with Crippen LogP contribution in [-0.2, 0) is 4.79 Å². The predicted molar refractivity (Wildman–Crippen MR) is 77.3 cm³/mol. The largest absolute Gasteiger partial charge is 0.481 e. The molecule has 5 nitrogen and oxygen atoms in total. The summed E-state index contributed by atoms with van der Waals surface area (Å²) in [5.74, 6) is 1.67. The second-order valence-electron chi connectivity index (χ2n) is 5.36. The molecule has 0 aliphatic carbocycles.